The Labute approximate surface area is 165 Å². The number of nitrogens with zero attached hydrogens (tertiary/aromatic N) is 2. The molecule has 2 aromatic carbocycles. The van der Waals surface area contributed by atoms with Crippen molar-refractivity contribution >= 4 is 16.9 Å². The van der Waals surface area contributed by atoms with Gasteiger partial charge < -0.3 is 15.0 Å². The number of hydrogen-bond acceptors (Lipinski definition) is 3. The summed E-state index contributed by atoms with van der Waals surface area (Å²) in [6.45, 7) is 8.63. The van der Waals surface area contributed by atoms with Crippen molar-refractivity contribution in [1.29, 1.82) is 0 Å². The van der Waals surface area contributed by atoms with Crippen LogP contribution in [0.3, 0.4) is 0 Å². The standard InChI is InChI=1S/C23H27N3O2/c1-17-21(16-18-6-8-19(9-7-18)23(27)28)20-4-2-3-5-22(20)26(17)15-14-25-12-10-24-11-13-25/h2-9,24H,10-16H2,1H3,(H,27,28). The monoisotopic (exact) mass is 377 g/mol. The number of fused-ring (bicyclic) bond motifs is 1. The van der Waals surface area contributed by atoms with Gasteiger partial charge in [0.05, 0.1) is 5.56 Å². The van der Waals surface area contributed by atoms with Crippen molar-refractivity contribution in [1.82, 2.24) is 14.8 Å². The van der Waals surface area contributed by atoms with Crippen LogP contribution < -0.4 is 5.32 Å². The highest BCUT2D eigenvalue weighted by atomic mass is 16.4. The molecular weight excluding hydrogens is 350 g/mol. The number of carboxylic acid groups (broad SMARTS) is 1. The van der Waals surface area contributed by atoms with Gasteiger partial charge in [-0.3, -0.25) is 4.90 Å². The van der Waals surface area contributed by atoms with Crippen molar-refractivity contribution in [2.45, 2.75) is 19.9 Å². The van der Waals surface area contributed by atoms with E-state index >= 15 is 0 Å². The van der Waals surface area contributed by atoms with Gasteiger partial charge in [-0.05, 0) is 42.7 Å². The van der Waals surface area contributed by atoms with E-state index in [1.54, 1.807) is 12.1 Å². The van der Waals surface area contributed by atoms with Crippen LogP contribution in [-0.2, 0) is 13.0 Å². The summed E-state index contributed by atoms with van der Waals surface area (Å²) in [7, 11) is 0. The molecule has 1 fully saturated rings. The fraction of sp³-hybridized carbons (Fsp3) is 0.348. The van der Waals surface area contributed by atoms with E-state index in [0.717, 1.165) is 51.3 Å². The smallest absolute Gasteiger partial charge is 0.335 e. The summed E-state index contributed by atoms with van der Waals surface area (Å²) in [5.41, 5.74) is 5.39. The first-order valence-electron chi connectivity index (χ1n) is 9.95. The molecule has 0 unspecified atom stereocenters. The van der Waals surface area contributed by atoms with Gasteiger partial charge in [0.15, 0.2) is 0 Å². The van der Waals surface area contributed by atoms with Crippen molar-refractivity contribution in [2.75, 3.05) is 32.7 Å². The van der Waals surface area contributed by atoms with Gasteiger partial charge in [0.1, 0.15) is 0 Å². The molecule has 0 atom stereocenters. The molecule has 0 radical (unpaired) electrons. The predicted molar refractivity (Wildman–Crippen MR) is 112 cm³/mol. The largest absolute Gasteiger partial charge is 0.478 e. The van der Waals surface area contributed by atoms with Gasteiger partial charge in [0.2, 0.25) is 0 Å². The first-order chi connectivity index (χ1) is 13.6. The summed E-state index contributed by atoms with van der Waals surface area (Å²) in [5, 5.41) is 13.8. The second-order valence-electron chi connectivity index (χ2n) is 7.50. The zero-order valence-corrected chi connectivity index (χ0v) is 16.3. The van der Waals surface area contributed by atoms with E-state index in [4.69, 9.17) is 5.11 Å². The second kappa shape index (κ2) is 8.17. The van der Waals surface area contributed by atoms with Crippen molar-refractivity contribution in [3.8, 4) is 0 Å². The van der Waals surface area contributed by atoms with E-state index < -0.39 is 5.97 Å². The fourth-order valence-electron chi connectivity index (χ4n) is 4.16. The lowest BCUT2D eigenvalue weighted by Crippen LogP contribution is -2.44. The minimum absolute atomic E-state index is 0.332. The number of piperazine rings is 1. The van der Waals surface area contributed by atoms with Gasteiger partial charge in [0.25, 0.3) is 0 Å². The number of nitrogens with one attached hydrogen (secondary N) is 1. The summed E-state index contributed by atoms with van der Waals surface area (Å²) in [5.74, 6) is -0.882. The molecule has 3 aromatic rings. The number of hydrogen-bond donors (Lipinski definition) is 2. The molecular formula is C23H27N3O2. The zero-order chi connectivity index (χ0) is 19.5. The Bertz CT molecular complexity index is 969. The van der Waals surface area contributed by atoms with Crippen LogP contribution in [0.15, 0.2) is 48.5 Å². The molecule has 4 rings (SSSR count). The molecule has 146 valence electrons. The van der Waals surface area contributed by atoms with Crippen LogP contribution in [0, 0.1) is 6.92 Å². The lowest BCUT2D eigenvalue weighted by Gasteiger charge is -2.27. The summed E-state index contributed by atoms with van der Waals surface area (Å²) in [6.07, 6.45) is 0.812. The summed E-state index contributed by atoms with van der Waals surface area (Å²) >= 11 is 0. The normalized spacial score (nSPS) is 15.2. The van der Waals surface area contributed by atoms with E-state index in [1.165, 1.54) is 22.2 Å². The van der Waals surface area contributed by atoms with Crippen molar-refractivity contribution in [3.63, 3.8) is 0 Å². The quantitative estimate of drug-likeness (QED) is 0.693. The highest BCUT2D eigenvalue weighted by molar-refractivity contribution is 5.88. The Hall–Kier alpha value is -2.63. The minimum atomic E-state index is -0.882. The second-order valence-corrected chi connectivity index (χ2v) is 7.50. The zero-order valence-electron chi connectivity index (χ0n) is 16.3. The van der Waals surface area contributed by atoms with Crippen LogP contribution in [0.5, 0.6) is 0 Å². The Balaban J connectivity index is 1.61. The topological polar surface area (TPSA) is 57.5 Å². The molecule has 1 aliphatic rings. The molecule has 5 nitrogen and oxygen atoms in total. The van der Waals surface area contributed by atoms with E-state index in [9.17, 15) is 4.79 Å². The van der Waals surface area contributed by atoms with Gasteiger partial charge in [0, 0.05) is 55.9 Å². The van der Waals surface area contributed by atoms with E-state index in [1.807, 2.05) is 12.1 Å². The number of benzene rings is 2. The van der Waals surface area contributed by atoms with Crippen LogP contribution in [0.4, 0.5) is 0 Å². The number of carboxylic acids is 1. The average molecular weight is 377 g/mol. The maximum absolute atomic E-state index is 11.1. The molecule has 2 N–H and O–H groups in total. The van der Waals surface area contributed by atoms with Crippen molar-refractivity contribution < 1.29 is 9.90 Å². The molecule has 1 saturated heterocycles. The molecule has 1 aromatic heterocycles. The van der Waals surface area contributed by atoms with Gasteiger partial charge >= 0.3 is 5.97 Å². The molecule has 2 heterocycles. The molecule has 28 heavy (non-hydrogen) atoms. The van der Waals surface area contributed by atoms with Crippen LogP contribution >= 0.6 is 0 Å². The molecule has 0 saturated carbocycles. The molecule has 0 aliphatic carbocycles. The van der Waals surface area contributed by atoms with E-state index in [-0.39, 0.29) is 0 Å². The first kappa shape index (κ1) is 18.7. The number of aromatic carboxylic acids is 1. The number of para-hydroxylation sites is 1. The van der Waals surface area contributed by atoms with Crippen LogP contribution in [0.25, 0.3) is 10.9 Å². The van der Waals surface area contributed by atoms with Crippen LogP contribution in [0.2, 0.25) is 0 Å². The van der Waals surface area contributed by atoms with Gasteiger partial charge in [-0.1, -0.05) is 30.3 Å². The Morgan fingerprint density at radius 3 is 2.46 bits per heavy atom. The van der Waals surface area contributed by atoms with Crippen molar-refractivity contribution in [3.05, 3.63) is 70.9 Å². The molecule has 1 aliphatic heterocycles. The Morgan fingerprint density at radius 1 is 1.04 bits per heavy atom. The highest BCUT2D eigenvalue weighted by Crippen LogP contribution is 2.28. The van der Waals surface area contributed by atoms with Crippen molar-refractivity contribution in [2.24, 2.45) is 0 Å². The third kappa shape index (κ3) is 3.81. The number of carbonyl (C=O) groups is 1. The third-order valence-electron chi connectivity index (χ3n) is 5.79. The highest BCUT2D eigenvalue weighted by Gasteiger charge is 2.16. The lowest BCUT2D eigenvalue weighted by molar-refractivity contribution is 0.0697. The fourth-order valence-corrected chi connectivity index (χ4v) is 4.16. The maximum atomic E-state index is 11.1. The number of rotatable bonds is 6. The summed E-state index contributed by atoms with van der Waals surface area (Å²) in [6, 6.07) is 15.8. The van der Waals surface area contributed by atoms with Crippen LogP contribution in [-0.4, -0.2) is 53.3 Å². The van der Waals surface area contributed by atoms with E-state index in [2.05, 4.69) is 46.0 Å². The predicted octanol–water partition coefficient (Wildman–Crippen LogP) is 3.14. The Morgan fingerprint density at radius 2 is 1.75 bits per heavy atom. The van der Waals surface area contributed by atoms with Gasteiger partial charge in [-0.2, -0.15) is 0 Å². The first-order valence-corrected chi connectivity index (χ1v) is 9.95. The molecule has 0 amide bonds. The third-order valence-corrected chi connectivity index (χ3v) is 5.79. The summed E-state index contributed by atoms with van der Waals surface area (Å²) < 4.78 is 2.44. The maximum Gasteiger partial charge on any atom is 0.335 e. The van der Waals surface area contributed by atoms with Crippen LogP contribution in [0.1, 0.15) is 27.2 Å². The number of aromatic nitrogens is 1. The van der Waals surface area contributed by atoms with E-state index in [0.29, 0.717) is 5.56 Å². The summed E-state index contributed by atoms with van der Waals surface area (Å²) in [4.78, 5) is 13.6. The average Bonchev–Trinajstić information content (AvgIpc) is 2.99. The molecule has 5 heteroatoms. The molecule has 0 bridgehead atoms. The SMILES string of the molecule is Cc1c(Cc2ccc(C(=O)O)cc2)c2ccccc2n1CCN1CCNCC1. The lowest BCUT2D eigenvalue weighted by atomic mass is 10.0. The van der Waals surface area contributed by atoms with Gasteiger partial charge in [-0.25, -0.2) is 4.79 Å². The molecule has 0 spiro atoms. The Kier molecular flexibility index (Phi) is 5.46. The minimum Gasteiger partial charge on any atom is -0.478 e. The van der Waals surface area contributed by atoms with Gasteiger partial charge in [-0.15, -0.1) is 0 Å².